The van der Waals surface area contributed by atoms with E-state index in [4.69, 9.17) is 0 Å². The Morgan fingerprint density at radius 2 is 1.69 bits per heavy atom. The van der Waals surface area contributed by atoms with Gasteiger partial charge in [-0.2, -0.15) is 0 Å². The normalized spacial score (nSPS) is 26.8. The topological polar surface area (TPSA) is 69.3 Å². The van der Waals surface area contributed by atoms with Gasteiger partial charge in [-0.1, -0.05) is 36.0 Å². The lowest BCUT2D eigenvalue weighted by molar-refractivity contribution is -0.141. The number of hydrogen-bond acceptors (Lipinski definition) is 5. The molecule has 0 amide bonds. The highest BCUT2D eigenvalue weighted by atomic mass is 32.2. The first-order valence-electron chi connectivity index (χ1n) is 13.0. The van der Waals surface area contributed by atoms with Crippen LogP contribution in [0.2, 0.25) is 0 Å². The van der Waals surface area contributed by atoms with Crippen molar-refractivity contribution >= 4 is 34.2 Å². The SMILES string of the molecule is Cc1ccc(C)c(-n2c(=O)c3ccccc3n3c(SCC(=O)C45CC6CC(CC(C6)C4)C5)nnc23)c1. The van der Waals surface area contributed by atoms with E-state index >= 15 is 0 Å². The molecule has 0 aliphatic heterocycles. The molecule has 4 saturated carbocycles. The van der Waals surface area contributed by atoms with Crippen LogP contribution < -0.4 is 5.56 Å². The summed E-state index contributed by atoms with van der Waals surface area (Å²) in [6.45, 7) is 4.02. The molecule has 2 heterocycles. The molecule has 4 aromatic rings. The monoisotopic (exact) mass is 498 g/mol. The van der Waals surface area contributed by atoms with Gasteiger partial charge in [0, 0.05) is 5.41 Å². The molecule has 2 aromatic carbocycles. The summed E-state index contributed by atoms with van der Waals surface area (Å²) < 4.78 is 3.62. The summed E-state index contributed by atoms with van der Waals surface area (Å²) in [6, 6.07) is 13.7. The Labute approximate surface area is 214 Å². The van der Waals surface area contributed by atoms with E-state index in [2.05, 4.69) is 10.2 Å². The van der Waals surface area contributed by atoms with Gasteiger partial charge >= 0.3 is 0 Å². The van der Waals surface area contributed by atoms with E-state index in [0.717, 1.165) is 59.3 Å². The lowest BCUT2D eigenvalue weighted by Gasteiger charge is -2.56. The fourth-order valence-corrected chi connectivity index (χ4v) is 8.66. The van der Waals surface area contributed by atoms with Crippen LogP contribution in [0.3, 0.4) is 0 Å². The Kier molecular flexibility index (Phi) is 4.97. The van der Waals surface area contributed by atoms with Crippen molar-refractivity contribution < 1.29 is 4.79 Å². The number of ketones is 1. The highest BCUT2D eigenvalue weighted by molar-refractivity contribution is 7.99. The van der Waals surface area contributed by atoms with Gasteiger partial charge < -0.3 is 0 Å². The number of fused-ring (bicyclic) bond motifs is 3. The number of para-hydroxylation sites is 1. The lowest BCUT2D eigenvalue weighted by Crippen LogP contribution is -2.50. The average molecular weight is 499 g/mol. The van der Waals surface area contributed by atoms with Gasteiger partial charge in [0.1, 0.15) is 5.78 Å². The van der Waals surface area contributed by atoms with E-state index in [-0.39, 0.29) is 11.0 Å². The molecule has 36 heavy (non-hydrogen) atoms. The first-order valence-corrected chi connectivity index (χ1v) is 14.0. The molecule has 0 radical (unpaired) electrons. The van der Waals surface area contributed by atoms with E-state index in [1.165, 1.54) is 31.0 Å². The maximum atomic E-state index is 13.7. The largest absolute Gasteiger partial charge is 0.298 e. The minimum Gasteiger partial charge on any atom is -0.298 e. The van der Waals surface area contributed by atoms with Crippen LogP contribution in [0.15, 0.2) is 52.4 Å². The van der Waals surface area contributed by atoms with Crippen LogP contribution in [-0.2, 0) is 4.79 Å². The van der Waals surface area contributed by atoms with Crippen LogP contribution in [-0.4, -0.2) is 30.7 Å². The minimum atomic E-state index is -0.120. The molecule has 4 aliphatic rings. The second-order valence-corrected chi connectivity index (χ2v) is 12.4. The number of hydrogen-bond donors (Lipinski definition) is 0. The number of aromatic nitrogens is 4. The molecule has 4 aliphatic carbocycles. The Bertz CT molecular complexity index is 1570. The predicted octanol–water partition coefficient (Wildman–Crippen LogP) is 5.53. The number of thioether (sulfide) groups is 1. The molecule has 0 spiro atoms. The van der Waals surface area contributed by atoms with Gasteiger partial charge in [0.05, 0.1) is 22.3 Å². The van der Waals surface area contributed by atoms with Crippen molar-refractivity contribution in [1.82, 2.24) is 19.2 Å². The fourth-order valence-electron chi connectivity index (χ4n) is 7.68. The number of nitrogens with zero attached hydrogens (tertiary/aromatic N) is 4. The lowest BCUT2D eigenvalue weighted by atomic mass is 9.48. The highest BCUT2D eigenvalue weighted by Crippen LogP contribution is 2.60. The Hall–Kier alpha value is -2.93. The number of benzene rings is 2. The molecule has 0 N–H and O–H groups in total. The van der Waals surface area contributed by atoms with Gasteiger partial charge in [-0.25, -0.2) is 4.57 Å². The molecule has 2 aromatic heterocycles. The molecular weight excluding hydrogens is 468 g/mol. The summed E-state index contributed by atoms with van der Waals surface area (Å²) in [5.41, 5.74) is 3.42. The first kappa shape index (κ1) is 22.3. The molecule has 0 saturated heterocycles. The third kappa shape index (κ3) is 3.31. The number of aryl methyl sites for hydroxylation is 2. The summed E-state index contributed by atoms with van der Waals surface area (Å²) in [4.78, 5) is 27.3. The van der Waals surface area contributed by atoms with E-state index in [1.54, 1.807) is 4.57 Å². The molecule has 0 unspecified atom stereocenters. The molecule has 8 rings (SSSR count). The zero-order valence-electron chi connectivity index (χ0n) is 20.7. The van der Waals surface area contributed by atoms with Crippen molar-refractivity contribution in [2.45, 2.75) is 57.5 Å². The second kappa shape index (κ2) is 8.04. The van der Waals surface area contributed by atoms with E-state index in [1.807, 2.05) is 60.7 Å². The third-order valence-corrected chi connectivity index (χ3v) is 9.89. The van der Waals surface area contributed by atoms with Gasteiger partial charge in [-0.15, -0.1) is 10.2 Å². The van der Waals surface area contributed by atoms with Crippen molar-refractivity contribution in [2.24, 2.45) is 23.2 Å². The van der Waals surface area contributed by atoms with E-state index in [0.29, 0.717) is 27.9 Å². The summed E-state index contributed by atoms with van der Waals surface area (Å²) in [6.07, 6.45) is 7.22. The van der Waals surface area contributed by atoms with Crippen LogP contribution in [0.25, 0.3) is 22.4 Å². The predicted molar refractivity (Wildman–Crippen MR) is 142 cm³/mol. The van der Waals surface area contributed by atoms with Crippen molar-refractivity contribution in [3.8, 4) is 5.69 Å². The number of carbonyl (C=O) groups is 1. The van der Waals surface area contributed by atoms with E-state index < -0.39 is 0 Å². The number of Topliss-reactive ketones (excluding diaryl/α,β-unsaturated/α-hetero) is 1. The van der Waals surface area contributed by atoms with Gasteiger partial charge in [0.2, 0.25) is 5.78 Å². The van der Waals surface area contributed by atoms with Gasteiger partial charge in [0.15, 0.2) is 5.16 Å². The van der Waals surface area contributed by atoms with E-state index in [9.17, 15) is 9.59 Å². The third-order valence-electron chi connectivity index (χ3n) is 8.96. The molecular formula is C29H30N4O2S. The van der Waals surface area contributed by atoms with Crippen LogP contribution in [0.5, 0.6) is 0 Å². The summed E-state index contributed by atoms with van der Waals surface area (Å²) in [5.74, 6) is 3.51. The first-order chi connectivity index (χ1) is 17.4. The Balaban J connectivity index is 1.30. The molecule has 7 heteroatoms. The smallest absolute Gasteiger partial charge is 0.267 e. The second-order valence-electron chi connectivity index (χ2n) is 11.5. The van der Waals surface area contributed by atoms with Gasteiger partial charge in [0.25, 0.3) is 5.56 Å². The summed E-state index contributed by atoms with van der Waals surface area (Å²) >= 11 is 1.47. The van der Waals surface area contributed by atoms with Crippen LogP contribution >= 0.6 is 11.8 Å². The molecule has 0 atom stereocenters. The minimum absolute atomic E-state index is 0.111. The Morgan fingerprint density at radius 3 is 2.42 bits per heavy atom. The van der Waals surface area contributed by atoms with Crippen molar-refractivity contribution in [1.29, 1.82) is 0 Å². The van der Waals surface area contributed by atoms with Gasteiger partial charge in [-0.05, 0) is 99.5 Å². The standard InChI is InChI=1S/C29H30N4O2S/c1-17-7-8-18(2)24(9-17)32-26(35)22-5-3-4-6-23(22)33-27(32)30-31-28(33)36-16-25(34)29-13-19-10-20(14-29)12-21(11-19)15-29/h3-9,19-21H,10-16H2,1-2H3. The molecule has 6 nitrogen and oxygen atoms in total. The van der Waals surface area contributed by atoms with Crippen LogP contribution in [0.4, 0.5) is 0 Å². The summed E-state index contributed by atoms with van der Waals surface area (Å²) in [7, 11) is 0. The molecule has 4 fully saturated rings. The van der Waals surface area contributed by atoms with Gasteiger partial charge in [-0.3, -0.25) is 14.0 Å². The maximum Gasteiger partial charge on any atom is 0.267 e. The number of rotatable bonds is 5. The Morgan fingerprint density at radius 1 is 1.00 bits per heavy atom. The average Bonchev–Trinajstić information content (AvgIpc) is 3.27. The zero-order valence-corrected chi connectivity index (χ0v) is 21.6. The van der Waals surface area contributed by atoms with Crippen LogP contribution in [0.1, 0.15) is 49.7 Å². The number of carbonyl (C=O) groups excluding carboxylic acids is 1. The van der Waals surface area contributed by atoms with Crippen LogP contribution in [0, 0.1) is 37.0 Å². The highest BCUT2D eigenvalue weighted by Gasteiger charge is 2.54. The summed E-state index contributed by atoms with van der Waals surface area (Å²) in [5, 5.41) is 10.3. The van der Waals surface area contributed by atoms with Crippen molar-refractivity contribution in [2.75, 3.05) is 5.75 Å². The van der Waals surface area contributed by atoms with Crippen molar-refractivity contribution in [3.63, 3.8) is 0 Å². The molecule has 184 valence electrons. The fraction of sp³-hybridized carbons (Fsp3) is 0.448. The quantitative estimate of drug-likeness (QED) is 0.339. The maximum absolute atomic E-state index is 13.7. The molecule has 4 bridgehead atoms. The van der Waals surface area contributed by atoms with Crippen molar-refractivity contribution in [3.05, 3.63) is 63.9 Å². The zero-order chi connectivity index (χ0) is 24.6.